The second-order valence-corrected chi connectivity index (χ2v) is 31.3. The maximum atomic E-state index is 15.8. The van der Waals surface area contributed by atoms with Crippen molar-refractivity contribution in [3.05, 3.63) is 0 Å². The lowest BCUT2D eigenvalue weighted by Crippen LogP contribution is -2.65. The lowest BCUT2D eigenvalue weighted by molar-refractivity contribution is -0.182. The van der Waals surface area contributed by atoms with Crippen LogP contribution in [0.15, 0.2) is 0 Å². The molecule has 3 saturated heterocycles. The molecular formula is C72H116ClF3N12O12. The quantitative estimate of drug-likeness (QED) is 0.194. The molecule has 3 heterocycles. The number of likely N-dealkylation sites (N-methyl/N-ethyl adjacent to an activating group) is 7. The van der Waals surface area contributed by atoms with Crippen LogP contribution in [0.5, 0.6) is 0 Å². The highest BCUT2D eigenvalue weighted by Crippen LogP contribution is 2.44. The molecule has 564 valence electrons. The van der Waals surface area contributed by atoms with Crippen LogP contribution in [-0.4, -0.2) is 263 Å². The molecule has 12 amide bonds. The van der Waals surface area contributed by atoms with Gasteiger partial charge in [0.2, 0.25) is 70.9 Å². The van der Waals surface area contributed by atoms with Crippen LogP contribution >= 0.6 is 11.6 Å². The number of carbonyl (C=O) groups is 12. The molecule has 100 heavy (non-hydrogen) atoms. The summed E-state index contributed by atoms with van der Waals surface area (Å²) in [7, 11) is 10.1. The van der Waals surface area contributed by atoms with Crippen molar-refractivity contribution >= 4 is 82.5 Å². The molecule has 7 rings (SSSR count). The molecule has 24 nitrogen and oxygen atoms in total. The standard InChI is InChI=1S/C72H116ClF3N12O12/c1-11-24-52-65(95)82(6)44-60(91)80(4)45-61(92)84(8)56(41-47-25-15-12-16-26-47)67(97)81(5)43-58(89)77-53(33-31-48-30-32-50(51(73)40-48)72(74,75)76)66(96)88-38-23-29-54(88)64(94)79-71(34-19-20-35-71)70(100)86(10)62(49-27-17-13-18-28-49)69(99)85(9)57(68(98)87-36-21-14-22-37-87)42-59(90)83(7)55(39-46(2)3)63(93)78-52/h46-57,62H,11-45H2,1-10H3,(H,77,89)(H,78,93)(H,79,94)/t48?,50?,51?,52-,53-,54-,55-,56-,57-,62-/m0/s1. The predicted molar refractivity (Wildman–Crippen MR) is 370 cm³/mol. The molecule has 7 fully saturated rings. The highest BCUT2D eigenvalue weighted by Gasteiger charge is 2.52. The van der Waals surface area contributed by atoms with Crippen molar-refractivity contribution in [1.29, 1.82) is 0 Å². The van der Waals surface area contributed by atoms with Crippen LogP contribution in [0.2, 0.25) is 0 Å². The van der Waals surface area contributed by atoms with Gasteiger partial charge in [-0.2, -0.15) is 13.2 Å². The third-order valence-corrected chi connectivity index (χ3v) is 23.4. The molecule has 10 atom stereocenters. The molecular weight excluding hydrogens is 1320 g/mol. The molecule has 4 saturated carbocycles. The number of fused-ring (bicyclic) bond motifs is 1. The smallest absolute Gasteiger partial charge is 0.343 e. The monoisotopic (exact) mass is 1430 g/mol. The van der Waals surface area contributed by atoms with Crippen molar-refractivity contribution in [2.75, 3.05) is 88.6 Å². The number of hydrogen-bond acceptors (Lipinski definition) is 12. The van der Waals surface area contributed by atoms with E-state index in [4.69, 9.17) is 11.6 Å². The maximum Gasteiger partial charge on any atom is 0.393 e. The maximum absolute atomic E-state index is 15.8. The number of amides is 12. The largest absolute Gasteiger partial charge is 0.393 e. The van der Waals surface area contributed by atoms with Crippen LogP contribution in [-0.2, 0) is 57.5 Å². The van der Waals surface area contributed by atoms with Gasteiger partial charge in [0.1, 0.15) is 47.8 Å². The zero-order chi connectivity index (χ0) is 73.5. The molecule has 3 unspecified atom stereocenters. The second-order valence-electron chi connectivity index (χ2n) is 30.7. The average Bonchev–Trinajstić information content (AvgIpc) is 1.45. The molecule has 28 heteroatoms. The Bertz CT molecular complexity index is 2880. The minimum absolute atomic E-state index is 0.00377. The fourth-order valence-electron chi connectivity index (χ4n) is 16.7. The number of carbonyl (C=O) groups excluding carboxylic acids is 12. The van der Waals surface area contributed by atoms with Crippen molar-refractivity contribution < 1.29 is 70.7 Å². The fourth-order valence-corrected chi connectivity index (χ4v) is 17.3. The van der Waals surface area contributed by atoms with E-state index >= 15 is 28.8 Å². The van der Waals surface area contributed by atoms with Gasteiger partial charge in [-0.1, -0.05) is 91.4 Å². The Morgan fingerprint density at radius 1 is 0.560 bits per heavy atom. The van der Waals surface area contributed by atoms with Crippen LogP contribution in [0.1, 0.15) is 207 Å². The molecule has 0 radical (unpaired) electrons. The first-order valence-corrected chi connectivity index (χ1v) is 37.7. The predicted octanol–water partition coefficient (Wildman–Crippen LogP) is 6.24. The van der Waals surface area contributed by atoms with E-state index in [1.807, 2.05) is 20.8 Å². The number of halogens is 4. The first-order chi connectivity index (χ1) is 47.3. The number of likely N-dealkylation sites (tertiary alicyclic amines) is 1. The molecule has 0 aromatic heterocycles. The Kier molecular flexibility index (Phi) is 29.8. The topological polar surface area (TPSA) is 270 Å². The normalized spacial score (nSPS) is 29.8. The summed E-state index contributed by atoms with van der Waals surface area (Å²) in [5.41, 5.74) is -1.55. The highest BCUT2D eigenvalue weighted by atomic mass is 35.5. The van der Waals surface area contributed by atoms with E-state index in [0.717, 1.165) is 72.5 Å². The summed E-state index contributed by atoms with van der Waals surface area (Å²) in [4.78, 5) is 191. The summed E-state index contributed by atoms with van der Waals surface area (Å²) in [6.45, 7) is 4.81. The van der Waals surface area contributed by atoms with Crippen molar-refractivity contribution in [3.63, 3.8) is 0 Å². The minimum Gasteiger partial charge on any atom is -0.343 e. The lowest BCUT2D eigenvalue weighted by atomic mass is 9.78. The van der Waals surface area contributed by atoms with E-state index in [1.165, 1.54) is 73.8 Å². The van der Waals surface area contributed by atoms with Crippen LogP contribution in [0.4, 0.5) is 13.2 Å². The number of piperidine rings is 1. The third-order valence-electron chi connectivity index (χ3n) is 22.9. The van der Waals surface area contributed by atoms with Gasteiger partial charge >= 0.3 is 6.18 Å². The minimum atomic E-state index is -4.51. The fraction of sp³-hybridized carbons (Fsp3) is 0.833. The molecule has 7 aliphatic rings. The number of alkyl halides is 4. The van der Waals surface area contributed by atoms with Crippen LogP contribution < -0.4 is 16.0 Å². The Morgan fingerprint density at radius 3 is 1.76 bits per heavy atom. The summed E-state index contributed by atoms with van der Waals surface area (Å²) in [5.74, 6) is -9.96. The van der Waals surface area contributed by atoms with E-state index in [9.17, 15) is 41.9 Å². The van der Waals surface area contributed by atoms with Gasteiger partial charge in [-0.25, -0.2) is 0 Å². The zero-order valence-electron chi connectivity index (χ0n) is 61.2. The van der Waals surface area contributed by atoms with Crippen LogP contribution in [0.25, 0.3) is 0 Å². The molecule has 3 aliphatic heterocycles. The van der Waals surface area contributed by atoms with Gasteiger partial charge in [0, 0.05) is 74.3 Å². The zero-order valence-corrected chi connectivity index (χ0v) is 61.9. The van der Waals surface area contributed by atoms with Gasteiger partial charge in [0.15, 0.2) is 0 Å². The van der Waals surface area contributed by atoms with Gasteiger partial charge in [-0.05, 0) is 133 Å². The molecule has 1 spiro atoms. The highest BCUT2D eigenvalue weighted by molar-refractivity contribution is 6.21. The van der Waals surface area contributed by atoms with Crippen LogP contribution in [0.3, 0.4) is 0 Å². The molecule has 0 aromatic carbocycles. The molecule has 4 aliphatic carbocycles. The van der Waals surface area contributed by atoms with Gasteiger partial charge < -0.3 is 60.0 Å². The Morgan fingerprint density at radius 2 is 1.15 bits per heavy atom. The Labute approximate surface area is 595 Å². The Hall–Kier alpha value is -6.28. The van der Waals surface area contributed by atoms with E-state index in [0.29, 0.717) is 64.5 Å². The first kappa shape index (κ1) is 81.0. The summed E-state index contributed by atoms with van der Waals surface area (Å²) >= 11 is 6.41. The van der Waals surface area contributed by atoms with Crippen molar-refractivity contribution in [2.24, 2.45) is 29.6 Å². The van der Waals surface area contributed by atoms with Gasteiger partial charge in [-0.3, -0.25) is 57.5 Å². The second kappa shape index (κ2) is 36.7. The van der Waals surface area contributed by atoms with Crippen LogP contribution in [0, 0.1) is 29.6 Å². The number of nitrogens with zero attached hydrogens (tertiary/aromatic N) is 9. The van der Waals surface area contributed by atoms with Crippen molar-refractivity contribution in [2.45, 2.75) is 266 Å². The molecule has 0 aromatic rings. The third kappa shape index (κ3) is 20.8. The van der Waals surface area contributed by atoms with E-state index in [2.05, 4.69) is 16.0 Å². The van der Waals surface area contributed by atoms with Crippen molar-refractivity contribution in [3.8, 4) is 0 Å². The van der Waals surface area contributed by atoms with Gasteiger partial charge in [0.05, 0.1) is 32.0 Å². The number of hydrogen-bond donors (Lipinski definition) is 3. The summed E-state index contributed by atoms with van der Waals surface area (Å²) in [6.07, 6.45) is 8.19. The first-order valence-electron chi connectivity index (χ1n) is 37.3. The number of nitrogens with one attached hydrogen (secondary N) is 3. The summed E-state index contributed by atoms with van der Waals surface area (Å²) in [6, 6.07) is -8.45. The van der Waals surface area contributed by atoms with E-state index < -0.39 is 162 Å². The molecule has 3 N–H and O–H groups in total. The van der Waals surface area contributed by atoms with Gasteiger partial charge in [-0.15, -0.1) is 11.6 Å². The van der Waals surface area contributed by atoms with Gasteiger partial charge in [0.25, 0.3) is 0 Å². The molecule has 0 bridgehead atoms. The summed E-state index contributed by atoms with van der Waals surface area (Å²) in [5, 5.41) is 7.60. The lowest BCUT2D eigenvalue weighted by Gasteiger charge is -2.43. The van der Waals surface area contributed by atoms with Crippen molar-refractivity contribution in [1.82, 2.24) is 60.0 Å². The average molecular weight is 1430 g/mol. The van der Waals surface area contributed by atoms with E-state index in [-0.39, 0.29) is 101 Å². The van der Waals surface area contributed by atoms with E-state index in [1.54, 1.807) is 4.90 Å². The number of rotatable bonds is 11. The SMILES string of the molecule is CCC[C@@H]1NC(=O)[C@H](CC(C)C)N(C)C(=O)C[C@@H](C(=O)N2CCCCC2)N(C)C(=O)[C@H](C2CCCCC2)N(C)C(=O)C2(CCCC2)NC(=O)[C@@H]2CCCN2C(=O)[C@H](CCC2CCC(C(F)(F)F)C(Cl)C2)NC(=O)CN(C)C(=O)[C@H](CC2CCCCC2)N(C)C(=O)CN(C)C(=O)CN(C)C1=O. The summed E-state index contributed by atoms with van der Waals surface area (Å²) < 4.78 is 42.0. The Balaban J connectivity index is 1.27.